The van der Waals surface area contributed by atoms with E-state index in [1.807, 2.05) is 30.5 Å². The van der Waals surface area contributed by atoms with Crippen molar-refractivity contribution >= 4 is 29.1 Å². The van der Waals surface area contributed by atoms with Crippen molar-refractivity contribution in [3.8, 4) is 22.1 Å². The lowest BCUT2D eigenvalue weighted by Gasteiger charge is -2.06. The molecule has 1 aromatic carbocycles. The van der Waals surface area contributed by atoms with Crippen molar-refractivity contribution in [1.82, 2.24) is 9.78 Å². The first-order valence-electron chi connectivity index (χ1n) is 6.77. The van der Waals surface area contributed by atoms with Crippen LogP contribution in [0.3, 0.4) is 0 Å². The van der Waals surface area contributed by atoms with Crippen molar-refractivity contribution in [2.24, 2.45) is 0 Å². The summed E-state index contributed by atoms with van der Waals surface area (Å²) < 4.78 is 6.48. The Kier molecular flexibility index (Phi) is 4.11. The molecule has 3 rings (SSSR count). The van der Waals surface area contributed by atoms with E-state index in [0.717, 1.165) is 21.8 Å². The van der Waals surface area contributed by atoms with Crippen LogP contribution >= 0.6 is 22.9 Å². The number of carbonyl (C=O) groups is 1. The molecule has 0 aliphatic heterocycles. The minimum Gasteiger partial charge on any atom is -0.449 e. The van der Waals surface area contributed by atoms with Crippen LogP contribution in [-0.2, 0) is 0 Å². The lowest BCUT2D eigenvalue weighted by atomic mass is 10.2. The van der Waals surface area contributed by atoms with Crippen LogP contribution in [0.5, 0.6) is 5.88 Å². The maximum Gasteiger partial charge on any atom is 0.512 e. The topological polar surface area (TPSA) is 64.3 Å². The molecule has 118 valence electrons. The summed E-state index contributed by atoms with van der Waals surface area (Å²) >= 11 is 7.51. The van der Waals surface area contributed by atoms with Gasteiger partial charge >= 0.3 is 6.16 Å². The van der Waals surface area contributed by atoms with Gasteiger partial charge in [0.05, 0.1) is 16.3 Å². The molecule has 0 fully saturated rings. The van der Waals surface area contributed by atoms with Crippen molar-refractivity contribution in [3.63, 3.8) is 0 Å². The Morgan fingerprint density at radius 3 is 2.57 bits per heavy atom. The van der Waals surface area contributed by atoms with Crippen LogP contribution in [0.2, 0.25) is 5.02 Å². The second kappa shape index (κ2) is 6.06. The third kappa shape index (κ3) is 3.09. The van der Waals surface area contributed by atoms with Crippen LogP contribution < -0.4 is 4.74 Å². The molecule has 2 aromatic heterocycles. The van der Waals surface area contributed by atoms with Gasteiger partial charge in [0.1, 0.15) is 0 Å². The van der Waals surface area contributed by atoms with E-state index in [1.54, 1.807) is 35.1 Å². The van der Waals surface area contributed by atoms with Gasteiger partial charge in [0.2, 0.25) is 5.88 Å². The Bertz CT molecular complexity index is 868. The quantitative estimate of drug-likeness (QED) is 0.682. The van der Waals surface area contributed by atoms with Crippen LogP contribution in [0.4, 0.5) is 4.79 Å². The number of benzene rings is 1. The number of aromatic nitrogens is 2. The molecule has 0 aliphatic carbocycles. The zero-order valence-corrected chi connectivity index (χ0v) is 14.0. The van der Waals surface area contributed by atoms with Crippen LogP contribution in [0, 0.1) is 13.8 Å². The summed E-state index contributed by atoms with van der Waals surface area (Å²) in [6.07, 6.45) is -1.39. The van der Waals surface area contributed by atoms with E-state index in [9.17, 15) is 4.79 Å². The van der Waals surface area contributed by atoms with Crippen molar-refractivity contribution in [1.29, 1.82) is 0 Å². The van der Waals surface area contributed by atoms with Crippen molar-refractivity contribution in [2.75, 3.05) is 0 Å². The summed E-state index contributed by atoms with van der Waals surface area (Å²) in [6.45, 7) is 3.80. The predicted molar refractivity (Wildman–Crippen MR) is 90.0 cm³/mol. The summed E-state index contributed by atoms with van der Waals surface area (Å²) in [6, 6.07) is 9.20. The van der Waals surface area contributed by atoms with Crippen molar-refractivity contribution in [2.45, 2.75) is 13.8 Å². The van der Waals surface area contributed by atoms with Gasteiger partial charge in [-0.2, -0.15) is 0 Å². The molecular weight excluding hydrogens is 336 g/mol. The SMILES string of the molecule is Cc1csc(-c2c(C)c(OC(=O)O)nn2-c2ccc(Cl)cc2)c1. The summed E-state index contributed by atoms with van der Waals surface area (Å²) in [7, 11) is 0. The Balaban J connectivity index is 2.20. The minimum absolute atomic E-state index is 0.0773. The predicted octanol–water partition coefficient (Wildman–Crippen LogP) is 4.93. The second-order valence-corrected chi connectivity index (χ2v) is 6.37. The highest BCUT2D eigenvalue weighted by Gasteiger charge is 2.21. The van der Waals surface area contributed by atoms with Crippen molar-refractivity contribution < 1.29 is 14.6 Å². The monoisotopic (exact) mass is 348 g/mol. The molecular formula is C16H13ClN2O3S. The van der Waals surface area contributed by atoms with E-state index in [-0.39, 0.29) is 5.88 Å². The summed E-state index contributed by atoms with van der Waals surface area (Å²) in [5.74, 6) is 0.0773. The van der Waals surface area contributed by atoms with Gasteiger partial charge in [0.25, 0.3) is 0 Å². The van der Waals surface area contributed by atoms with Gasteiger partial charge in [-0.15, -0.1) is 16.4 Å². The van der Waals surface area contributed by atoms with E-state index in [1.165, 1.54) is 0 Å². The molecule has 0 saturated heterocycles. The number of hydrogen-bond acceptors (Lipinski definition) is 4. The summed E-state index contributed by atoms with van der Waals surface area (Å²) in [4.78, 5) is 11.9. The standard InChI is InChI=1S/C16H13ClN2O3S/c1-9-7-13(23-8-9)14-10(2)15(22-16(20)21)18-19(14)12-5-3-11(17)4-6-12/h3-8H,1-2H3,(H,20,21). The normalized spacial score (nSPS) is 10.7. The number of aryl methyl sites for hydroxylation is 1. The lowest BCUT2D eigenvalue weighted by molar-refractivity contribution is 0.142. The van der Waals surface area contributed by atoms with Gasteiger partial charge < -0.3 is 9.84 Å². The van der Waals surface area contributed by atoms with Gasteiger partial charge in [0, 0.05) is 10.6 Å². The molecule has 23 heavy (non-hydrogen) atoms. The third-order valence-corrected chi connectivity index (χ3v) is 4.60. The number of hydrogen-bond donors (Lipinski definition) is 1. The van der Waals surface area contributed by atoms with Crippen LogP contribution in [-0.4, -0.2) is 21.0 Å². The van der Waals surface area contributed by atoms with E-state index >= 15 is 0 Å². The molecule has 0 aliphatic rings. The average molecular weight is 349 g/mol. The highest BCUT2D eigenvalue weighted by molar-refractivity contribution is 7.13. The van der Waals surface area contributed by atoms with E-state index in [4.69, 9.17) is 21.4 Å². The number of thiophene rings is 1. The maximum atomic E-state index is 10.9. The highest BCUT2D eigenvalue weighted by Crippen LogP contribution is 2.36. The maximum absolute atomic E-state index is 10.9. The van der Waals surface area contributed by atoms with Crippen LogP contribution in [0.1, 0.15) is 11.1 Å². The largest absolute Gasteiger partial charge is 0.512 e. The fourth-order valence-corrected chi connectivity index (χ4v) is 3.38. The number of carboxylic acid groups (broad SMARTS) is 1. The Labute approximate surface area is 141 Å². The Hall–Kier alpha value is -2.31. The smallest absolute Gasteiger partial charge is 0.449 e. The zero-order valence-electron chi connectivity index (χ0n) is 12.4. The second-order valence-electron chi connectivity index (χ2n) is 5.02. The molecule has 0 bridgehead atoms. The van der Waals surface area contributed by atoms with Gasteiger partial charge in [-0.05, 0) is 55.1 Å². The van der Waals surface area contributed by atoms with Gasteiger partial charge in [-0.25, -0.2) is 9.48 Å². The molecule has 3 aromatic rings. The van der Waals surface area contributed by atoms with Gasteiger partial charge in [-0.3, -0.25) is 0 Å². The average Bonchev–Trinajstić information content (AvgIpc) is 3.04. The fourth-order valence-electron chi connectivity index (χ4n) is 2.27. The number of rotatable bonds is 3. The highest BCUT2D eigenvalue weighted by atomic mass is 35.5. The molecule has 0 atom stereocenters. The van der Waals surface area contributed by atoms with E-state index in [0.29, 0.717) is 10.6 Å². The molecule has 0 radical (unpaired) electrons. The molecule has 0 amide bonds. The molecule has 1 N–H and O–H groups in total. The van der Waals surface area contributed by atoms with E-state index < -0.39 is 6.16 Å². The number of nitrogens with zero attached hydrogens (tertiary/aromatic N) is 2. The molecule has 5 nitrogen and oxygen atoms in total. The molecule has 0 spiro atoms. The minimum atomic E-state index is -1.39. The van der Waals surface area contributed by atoms with Gasteiger partial charge in [0.15, 0.2) is 0 Å². The lowest BCUT2D eigenvalue weighted by Crippen LogP contribution is -2.05. The summed E-state index contributed by atoms with van der Waals surface area (Å²) in [5, 5.41) is 15.9. The first kappa shape index (κ1) is 15.6. The van der Waals surface area contributed by atoms with E-state index in [2.05, 4.69) is 5.10 Å². The molecule has 7 heteroatoms. The summed E-state index contributed by atoms with van der Waals surface area (Å²) in [5.41, 5.74) is 3.39. The molecule has 0 unspecified atom stereocenters. The first-order chi connectivity index (χ1) is 11.0. The zero-order chi connectivity index (χ0) is 16.6. The number of ether oxygens (including phenoxy) is 1. The molecule has 0 saturated carbocycles. The van der Waals surface area contributed by atoms with Crippen LogP contribution in [0.25, 0.3) is 16.3 Å². The number of halogens is 1. The van der Waals surface area contributed by atoms with Crippen LogP contribution in [0.15, 0.2) is 35.7 Å². The van der Waals surface area contributed by atoms with Gasteiger partial charge in [-0.1, -0.05) is 11.6 Å². The Morgan fingerprint density at radius 1 is 1.30 bits per heavy atom. The third-order valence-electron chi connectivity index (χ3n) is 3.30. The fraction of sp³-hybridized carbons (Fsp3) is 0.125. The van der Waals surface area contributed by atoms with Crippen molar-refractivity contribution in [3.05, 3.63) is 51.9 Å². The molecule has 2 heterocycles. The Morgan fingerprint density at radius 2 is 2.00 bits per heavy atom. The first-order valence-corrected chi connectivity index (χ1v) is 8.03.